The normalized spacial score (nSPS) is 11.2. The Hall–Kier alpha value is -3.20. The summed E-state index contributed by atoms with van der Waals surface area (Å²) in [6, 6.07) is 20.9. The highest BCUT2D eigenvalue weighted by molar-refractivity contribution is 7.89. The van der Waals surface area contributed by atoms with E-state index < -0.39 is 28.4 Å². The molecule has 0 bridgehead atoms. The van der Waals surface area contributed by atoms with Crippen molar-refractivity contribution >= 4 is 39.2 Å². The minimum absolute atomic E-state index is 0.0144. The van der Waals surface area contributed by atoms with Gasteiger partial charge in [-0.1, -0.05) is 41.9 Å². The second-order valence-electron chi connectivity index (χ2n) is 6.83. The summed E-state index contributed by atoms with van der Waals surface area (Å²) in [6.45, 7) is -0.390. The Morgan fingerprint density at radius 2 is 1.56 bits per heavy atom. The van der Waals surface area contributed by atoms with Crippen molar-refractivity contribution in [3.8, 4) is 0 Å². The number of nitrogens with one attached hydrogen (secondary N) is 1. The number of nitrogens with zero attached hydrogens (tertiary/aromatic N) is 1. The molecule has 3 aromatic carbocycles. The summed E-state index contributed by atoms with van der Waals surface area (Å²) in [5.41, 5.74) is 1.49. The van der Waals surface area contributed by atoms with E-state index in [1.165, 1.54) is 43.5 Å². The molecule has 0 saturated heterocycles. The average Bonchev–Trinajstić information content (AvgIpc) is 2.79. The lowest BCUT2D eigenvalue weighted by Crippen LogP contribution is -2.37. The van der Waals surface area contributed by atoms with Gasteiger partial charge in [-0.3, -0.25) is 4.79 Å². The molecule has 32 heavy (non-hydrogen) atoms. The molecule has 0 aliphatic carbocycles. The first-order chi connectivity index (χ1) is 15.3. The molecule has 1 amide bonds. The van der Waals surface area contributed by atoms with Crippen molar-refractivity contribution in [1.82, 2.24) is 4.31 Å². The van der Waals surface area contributed by atoms with Crippen LogP contribution in [0.25, 0.3) is 0 Å². The molecule has 0 aliphatic heterocycles. The highest BCUT2D eigenvalue weighted by Crippen LogP contribution is 2.21. The summed E-state index contributed by atoms with van der Waals surface area (Å²) >= 11 is 5.88. The number of hydrogen-bond acceptors (Lipinski definition) is 5. The first kappa shape index (κ1) is 23.5. The summed E-state index contributed by atoms with van der Waals surface area (Å²) < 4.78 is 32.2. The van der Waals surface area contributed by atoms with Crippen molar-refractivity contribution < 1.29 is 22.7 Å². The van der Waals surface area contributed by atoms with Gasteiger partial charge < -0.3 is 10.1 Å². The predicted octanol–water partition coefficient (Wildman–Crippen LogP) is 3.96. The Labute approximate surface area is 191 Å². The van der Waals surface area contributed by atoms with Gasteiger partial charge in [-0.25, -0.2) is 13.2 Å². The number of sulfonamides is 1. The van der Waals surface area contributed by atoms with E-state index in [1.807, 2.05) is 6.07 Å². The standard InChI is InChI=1S/C23H21ClN2O5S/c1-31-23(28)18-7-11-20(12-8-18)25-22(27)16-26(15-17-5-3-2-4-6-17)32(29,30)21-13-9-19(24)10-14-21/h2-14H,15-16H2,1H3,(H,25,27). The van der Waals surface area contributed by atoms with Gasteiger partial charge in [0.25, 0.3) is 0 Å². The minimum Gasteiger partial charge on any atom is -0.465 e. The molecule has 0 aromatic heterocycles. The predicted molar refractivity (Wildman–Crippen MR) is 122 cm³/mol. The van der Waals surface area contributed by atoms with Crippen molar-refractivity contribution in [2.24, 2.45) is 0 Å². The third kappa shape index (κ3) is 5.94. The third-order valence-corrected chi connectivity index (χ3v) is 6.62. The summed E-state index contributed by atoms with van der Waals surface area (Å²) in [5, 5.41) is 3.07. The summed E-state index contributed by atoms with van der Waals surface area (Å²) in [4.78, 5) is 24.3. The van der Waals surface area contributed by atoms with Gasteiger partial charge in [-0.2, -0.15) is 4.31 Å². The van der Waals surface area contributed by atoms with E-state index in [0.29, 0.717) is 16.3 Å². The van der Waals surface area contributed by atoms with E-state index >= 15 is 0 Å². The molecule has 0 heterocycles. The molecular weight excluding hydrogens is 452 g/mol. The number of esters is 1. The molecule has 0 fully saturated rings. The molecule has 0 radical (unpaired) electrons. The number of carbonyl (C=O) groups excluding carboxylic acids is 2. The van der Waals surface area contributed by atoms with E-state index in [-0.39, 0.29) is 11.4 Å². The van der Waals surface area contributed by atoms with Gasteiger partial charge in [-0.15, -0.1) is 0 Å². The Balaban J connectivity index is 1.81. The van der Waals surface area contributed by atoms with Gasteiger partial charge in [-0.05, 0) is 54.1 Å². The molecule has 3 rings (SSSR count). The van der Waals surface area contributed by atoms with Gasteiger partial charge in [0.05, 0.1) is 24.1 Å². The van der Waals surface area contributed by atoms with Crippen LogP contribution in [-0.4, -0.2) is 38.3 Å². The third-order valence-electron chi connectivity index (χ3n) is 4.56. The SMILES string of the molecule is COC(=O)c1ccc(NC(=O)CN(Cc2ccccc2)S(=O)(=O)c2ccc(Cl)cc2)cc1. The Morgan fingerprint density at radius 1 is 0.938 bits per heavy atom. The quantitative estimate of drug-likeness (QED) is 0.501. The molecule has 0 saturated carbocycles. The molecule has 0 atom stereocenters. The number of halogens is 1. The van der Waals surface area contributed by atoms with Crippen molar-refractivity contribution in [2.45, 2.75) is 11.4 Å². The second kappa shape index (κ2) is 10.4. The molecular formula is C23H21ClN2O5S. The molecule has 1 N–H and O–H groups in total. The van der Waals surface area contributed by atoms with Crippen LogP contribution in [0, 0.1) is 0 Å². The van der Waals surface area contributed by atoms with Crippen LogP contribution in [0.5, 0.6) is 0 Å². The second-order valence-corrected chi connectivity index (χ2v) is 9.20. The molecule has 166 valence electrons. The van der Waals surface area contributed by atoms with E-state index in [4.69, 9.17) is 11.6 Å². The minimum atomic E-state index is -3.97. The molecule has 0 spiro atoms. The van der Waals surface area contributed by atoms with Crippen LogP contribution in [0.4, 0.5) is 5.69 Å². The van der Waals surface area contributed by atoms with Crippen molar-refractivity contribution in [1.29, 1.82) is 0 Å². The van der Waals surface area contributed by atoms with Crippen LogP contribution in [0.2, 0.25) is 5.02 Å². The first-order valence-electron chi connectivity index (χ1n) is 9.57. The zero-order valence-electron chi connectivity index (χ0n) is 17.2. The van der Waals surface area contributed by atoms with Crippen molar-refractivity contribution in [3.63, 3.8) is 0 Å². The number of amides is 1. The lowest BCUT2D eigenvalue weighted by molar-refractivity contribution is -0.116. The van der Waals surface area contributed by atoms with E-state index in [1.54, 1.807) is 36.4 Å². The number of methoxy groups -OCH3 is 1. The van der Waals surface area contributed by atoms with E-state index in [9.17, 15) is 18.0 Å². The molecule has 0 aliphatic rings. The van der Waals surface area contributed by atoms with Crippen LogP contribution in [0.1, 0.15) is 15.9 Å². The first-order valence-corrected chi connectivity index (χ1v) is 11.4. The number of anilines is 1. The smallest absolute Gasteiger partial charge is 0.337 e. The largest absolute Gasteiger partial charge is 0.465 e. The lowest BCUT2D eigenvalue weighted by atomic mass is 10.2. The molecule has 0 unspecified atom stereocenters. The topological polar surface area (TPSA) is 92.8 Å². The summed E-state index contributed by atoms with van der Waals surface area (Å²) in [5.74, 6) is -1.02. The highest BCUT2D eigenvalue weighted by atomic mass is 35.5. The maximum atomic E-state index is 13.2. The number of hydrogen-bond donors (Lipinski definition) is 1. The van der Waals surface area contributed by atoms with Gasteiger partial charge in [0.15, 0.2) is 0 Å². The molecule has 3 aromatic rings. The number of ether oxygens (including phenoxy) is 1. The number of carbonyl (C=O) groups is 2. The zero-order chi connectivity index (χ0) is 23.1. The monoisotopic (exact) mass is 472 g/mol. The maximum absolute atomic E-state index is 13.2. The van der Waals surface area contributed by atoms with Crippen molar-refractivity contribution in [3.05, 3.63) is 95.0 Å². The van der Waals surface area contributed by atoms with Crippen LogP contribution in [0.3, 0.4) is 0 Å². The van der Waals surface area contributed by atoms with E-state index in [0.717, 1.165) is 9.87 Å². The maximum Gasteiger partial charge on any atom is 0.337 e. The number of benzene rings is 3. The Kier molecular flexibility index (Phi) is 7.63. The van der Waals surface area contributed by atoms with Gasteiger partial charge in [0, 0.05) is 17.3 Å². The van der Waals surface area contributed by atoms with Crippen LogP contribution in [-0.2, 0) is 26.1 Å². The van der Waals surface area contributed by atoms with Crippen molar-refractivity contribution in [2.75, 3.05) is 19.0 Å². The fraction of sp³-hybridized carbons (Fsp3) is 0.130. The average molecular weight is 473 g/mol. The summed E-state index contributed by atoms with van der Waals surface area (Å²) in [6.07, 6.45) is 0. The van der Waals surface area contributed by atoms with Gasteiger partial charge >= 0.3 is 5.97 Å². The van der Waals surface area contributed by atoms with Crippen LogP contribution >= 0.6 is 11.6 Å². The molecule has 7 nitrogen and oxygen atoms in total. The Bertz CT molecular complexity index is 1180. The fourth-order valence-electron chi connectivity index (χ4n) is 2.94. The molecule has 9 heteroatoms. The lowest BCUT2D eigenvalue weighted by Gasteiger charge is -2.22. The van der Waals surface area contributed by atoms with Crippen LogP contribution < -0.4 is 5.32 Å². The van der Waals surface area contributed by atoms with E-state index in [2.05, 4.69) is 10.1 Å². The number of rotatable bonds is 8. The van der Waals surface area contributed by atoms with Gasteiger partial charge in [0.1, 0.15) is 0 Å². The highest BCUT2D eigenvalue weighted by Gasteiger charge is 2.27. The summed E-state index contributed by atoms with van der Waals surface area (Å²) in [7, 11) is -2.69. The van der Waals surface area contributed by atoms with Crippen LogP contribution in [0.15, 0.2) is 83.8 Å². The fourth-order valence-corrected chi connectivity index (χ4v) is 4.45. The van der Waals surface area contributed by atoms with Gasteiger partial charge in [0.2, 0.25) is 15.9 Å². The Morgan fingerprint density at radius 3 is 2.16 bits per heavy atom. The zero-order valence-corrected chi connectivity index (χ0v) is 18.8.